The lowest BCUT2D eigenvalue weighted by molar-refractivity contribution is 0.0263. The van der Waals surface area contributed by atoms with Crippen molar-refractivity contribution in [2.75, 3.05) is 19.8 Å². The second kappa shape index (κ2) is 4.18. The highest BCUT2D eigenvalue weighted by atomic mass is 16.5. The van der Waals surface area contributed by atoms with E-state index in [-0.39, 0.29) is 19.0 Å². The van der Waals surface area contributed by atoms with Crippen LogP contribution in [0.4, 0.5) is 0 Å². The first kappa shape index (κ1) is 11.0. The first-order valence-corrected chi connectivity index (χ1v) is 5.06. The van der Waals surface area contributed by atoms with Crippen molar-refractivity contribution in [3.05, 3.63) is 11.6 Å². The highest BCUT2D eigenvalue weighted by molar-refractivity contribution is 5.90. The Morgan fingerprint density at radius 1 is 1.75 bits per heavy atom. The molecule has 88 valence electrons. The van der Waals surface area contributed by atoms with Crippen LogP contribution < -0.4 is 5.32 Å². The molecular weight excluding hydrogens is 212 g/mol. The highest BCUT2D eigenvalue weighted by Crippen LogP contribution is 2.16. The molecule has 0 bridgehead atoms. The zero-order chi connectivity index (χ0) is 11.6. The third-order valence-electron chi connectivity index (χ3n) is 2.46. The lowest BCUT2D eigenvalue weighted by Crippen LogP contribution is -2.43. The van der Waals surface area contributed by atoms with Crippen LogP contribution in [-0.4, -0.2) is 51.6 Å². The van der Waals surface area contributed by atoms with Crippen LogP contribution in [0.2, 0.25) is 0 Å². The minimum atomic E-state index is -0.957. The fourth-order valence-electron chi connectivity index (χ4n) is 1.50. The van der Waals surface area contributed by atoms with Crippen molar-refractivity contribution in [1.29, 1.82) is 0 Å². The van der Waals surface area contributed by atoms with Crippen molar-refractivity contribution in [3.8, 4) is 0 Å². The van der Waals surface area contributed by atoms with Crippen LogP contribution >= 0.6 is 0 Å². The molecule has 0 aliphatic carbocycles. The van der Waals surface area contributed by atoms with Gasteiger partial charge in [-0.3, -0.25) is 9.89 Å². The van der Waals surface area contributed by atoms with Crippen molar-refractivity contribution in [3.63, 3.8) is 0 Å². The number of hydrogen-bond donors (Lipinski definition) is 3. The Balaban J connectivity index is 1.88. The van der Waals surface area contributed by atoms with Gasteiger partial charge in [0.25, 0.3) is 5.91 Å². The highest BCUT2D eigenvalue weighted by Gasteiger charge is 2.32. The fraction of sp³-hybridized carbons (Fsp3) is 0.667. The second-order valence-corrected chi connectivity index (χ2v) is 3.95. The molecule has 3 N–H and O–H groups in total. The van der Waals surface area contributed by atoms with Crippen LogP contribution in [0.1, 0.15) is 22.9 Å². The number of aliphatic hydroxyl groups is 1. The monoisotopic (exact) mass is 226 g/mol. The predicted octanol–water partition coefficient (Wildman–Crippen LogP) is -1.01. The summed E-state index contributed by atoms with van der Waals surface area (Å²) in [6, 6.07) is 0. The van der Waals surface area contributed by atoms with Crippen LogP contribution in [0, 0.1) is 6.92 Å². The number of H-pyrrole nitrogens is 1. The smallest absolute Gasteiger partial charge is 0.291 e. The summed E-state index contributed by atoms with van der Waals surface area (Å²) in [5.74, 6) is 0.262. The summed E-state index contributed by atoms with van der Waals surface area (Å²) in [6.07, 6.45) is 0.528. The van der Waals surface area contributed by atoms with E-state index in [2.05, 4.69) is 20.5 Å². The van der Waals surface area contributed by atoms with Crippen molar-refractivity contribution in [2.24, 2.45) is 0 Å². The molecule has 0 aromatic carbocycles. The molecule has 7 heteroatoms. The normalized spacial score (nSPS) is 24.6. The standard InChI is InChI=1S/C9H14N4O3/c1-6-11-7(13-12-6)8(14)10-4-9(15)2-3-16-5-9/h15H,2-5H2,1H3,(H,10,14)(H,11,12,13). The van der Waals surface area contributed by atoms with Gasteiger partial charge in [-0.25, -0.2) is 4.98 Å². The van der Waals surface area contributed by atoms with Crippen LogP contribution in [0.5, 0.6) is 0 Å². The van der Waals surface area contributed by atoms with E-state index in [0.717, 1.165) is 0 Å². The molecule has 2 heterocycles. The molecule has 1 aromatic heterocycles. The number of carbonyl (C=O) groups is 1. The first-order chi connectivity index (χ1) is 7.59. The number of rotatable bonds is 3. The van der Waals surface area contributed by atoms with Crippen molar-refractivity contribution in [2.45, 2.75) is 18.9 Å². The zero-order valence-electron chi connectivity index (χ0n) is 8.99. The average molecular weight is 226 g/mol. The summed E-state index contributed by atoms with van der Waals surface area (Å²) in [5, 5.41) is 18.8. The molecular formula is C9H14N4O3. The minimum Gasteiger partial charge on any atom is -0.386 e. The van der Waals surface area contributed by atoms with E-state index in [0.29, 0.717) is 18.9 Å². The molecule has 1 unspecified atom stereocenters. The molecule has 0 saturated carbocycles. The van der Waals surface area contributed by atoms with Gasteiger partial charge in [-0.1, -0.05) is 0 Å². The zero-order valence-corrected chi connectivity index (χ0v) is 8.99. The van der Waals surface area contributed by atoms with E-state index < -0.39 is 11.5 Å². The third kappa shape index (κ3) is 2.37. The van der Waals surface area contributed by atoms with Crippen LogP contribution in [0.25, 0.3) is 0 Å². The van der Waals surface area contributed by atoms with E-state index in [1.807, 2.05) is 0 Å². The number of nitrogens with zero attached hydrogens (tertiary/aromatic N) is 2. The number of carbonyl (C=O) groups excluding carboxylic acids is 1. The topological polar surface area (TPSA) is 100 Å². The van der Waals surface area contributed by atoms with Crippen molar-refractivity contribution in [1.82, 2.24) is 20.5 Å². The molecule has 1 aromatic rings. The summed E-state index contributed by atoms with van der Waals surface area (Å²) < 4.78 is 5.06. The maximum absolute atomic E-state index is 11.5. The van der Waals surface area contributed by atoms with Gasteiger partial charge in [-0.2, -0.15) is 0 Å². The van der Waals surface area contributed by atoms with E-state index >= 15 is 0 Å². The van der Waals surface area contributed by atoms with E-state index in [9.17, 15) is 9.90 Å². The fourth-order valence-corrected chi connectivity index (χ4v) is 1.50. The molecule has 1 aliphatic rings. The summed E-state index contributed by atoms with van der Waals surface area (Å²) in [6.45, 7) is 2.63. The quantitative estimate of drug-likeness (QED) is 0.613. The van der Waals surface area contributed by atoms with E-state index in [4.69, 9.17) is 4.74 Å². The van der Waals surface area contributed by atoms with E-state index in [1.165, 1.54) is 0 Å². The first-order valence-electron chi connectivity index (χ1n) is 5.06. The van der Waals surface area contributed by atoms with Gasteiger partial charge in [-0.15, -0.1) is 5.10 Å². The largest absolute Gasteiger partial charge is 0.386 e. The Morgan fingerprint density at radius 3 is 3.12 bits per heavy atom. The Morgan fingerprint density at radius 2 is 2.56 bits per heavy atom. The van der Waals surface area contributed by atoms with Crippen LogP contribution in [0.3, 0.4) is 0 Å². The van der Waals surface area contributed by atoms with Gasteiger partial charge in [-0.05, 0) is 6.92 Å². The summed E-state index contributed by atoms with van der Waals surface area (Å²) in [5.41, 5.74) is -0.957. The number of ether oxygens (including phenoxy) is 1. The lowest BCUT2D eigenvalue weighted by Gasteiger charge is -2.19. The second-order valence-electron chi connectivity index (χ2n) is 3.95. The molecule has 0 spiro atoms. The Bertz CT molecular complexity index is 384. The van der Waals surface area contributed by atoms with Gasteiger partial charge in [0.2, 0.25) is 5.82 Å². The average Bonchev–Trinajstić information content (AvgIpc) is 2.85. The van der Waals surface area contributed by atoms with Gasteiger partial charge in [0.15, 0.2) is 0 Å². The summed E-state index contributed by atoms with van der Waals surface area (Å²) in [7, 11) is 0. The molecule has 1 saturated heterocycles. The Hall–Kier alpha value is -1.47. The third-order valence-corrected chi connectivity index (χ3v) is 2.46. The molecule has 2 rings (SSSR count). The maximum atomic E-state index is 11.5. The minimum absolute atomic E-state index is 0.0833. The number of aromatic amines is 1. The molecule has 1 aliphatic heterocycles. The van der Waals surface area contributed by atoms with Crippen LogP contribution in [-0.2, 0) is 4.74 Å². The number of amides is 1. The molecule has 7 nitrogen and oxygen atoms in total. The Labute approximate surface area is 92.2 Å². The van der Waals surface area contributed by atoms with Gasteiger partial charge in [0.1, 0.15) is 11.4 Å². The molecule has 1 atom stereocenters. The predicted molar refractivity (Wildman–Crippen MR) is 53.8 cm³/mol. The number of aryl methyl sites for hydroxylation is 1. The number of nitrogens with one attached hydrogen (secondary N) is 2. The Kier molecular flexibility index (Phi) is 2.88. The lowest BCUT2D eigenvalue weighted by atomic mass is 10.0. The van der Waals surface area contributed by atoms with Gasteiger partial charge in [0, 0.05) is 19.6 Å². The maximum Gasteiger partial charge on any atom is 0.291 e. The molecule has 16 heavy (non-hydrogen) atoms. The molecule has 1 amide bonds. The SMILES string of the molecule is Cc1nc(C(=O)NCC2(O)CCOC2)n[nH]1. The van der Waals surface area contributed by atoms with Crippen molar-refractivity contribution >= 4 is 5.91 Å². The van der Waals surface area contributed by atoms with Crippen LogP contribution in [0.15, 0.2) is 0 Å². The molecule has 0 radical (unpaired) electrons. The number of aromatic nitrogens is 3. The van der Waals surface area contributed by atoms with Gasteiger partial charge < -0.3 is 15.2 Å². The summed E-state index contributed by atoms with van der Waals surface area (Å²) >= 11 is 0. The van der Waals surface area contributed by atoms with Crippen molar-refractivity contribution < 1.29 is 14.6 Å². The summed E-state index contributed by atoms with van der Waals surface area (Å²) in [4.78, 5) is 15.4. The molecule has 1 fully saturated rings. The van der Waals surface area contributed by atoms with Gasteiger partial charge >= 0.3 is 0 Å². The number of hydrogen-bond acceptors (Lipinski definition) is 5. The van der Waals surface area contributed by atoms with E-state index in [1.54, 1.807) is 6.92 Å². The van der Waals surface area contributed by atoms with Gasteiger partial charge in [0.05, 0.1) is 6.61 Å².